The number of rotatable bonds is 5. The molecule has 0 amide bonds. The van der Waals surface area contributed by atoms with Crippen LogP contribution in [0.15, 0.2) is 28.6 Å². The van der Waals surface area contributed by atoms with Crippen LogP contribution in [0, 0.1) is 3.57 Å². The standard InChI is InChI=1S/C11H15IN2O3S/c1-14(2)8-11(15,7-13-18(16)17)9-3-5-10(12)6-4-9/h3-6,15H,7-8H2,1-2H3. The first-order chi connectivity index (χ1) is 8.33. The number of hydrogen-bond donors (Lipinski definition) is 1. The highest BCUT2D eigenvalue weighted by atomic mass is 127. The normalized spacial score (nSPS) is 14.3. The lowest BCUT2D eigenvalue weighted by Gasteiger charge is -2.29. The van der Waals surface area contributed by atoms with Crippen molar-refractivity contribution < 1.29 is 13.5 Å². The summed E-state index contributed by atoms with van der Waals surface area (Å²) in [6, 6.07) is 7.30. The van der Waals surface area contributed by atoms with Crippen molar-refractivity contribution >= 4 is 33.1 Å². The van der Waals surface area contributed by atoms with Gasteiger partial charge in [-0.2, -0.15) is 12.8 Å². The molecule has 1 N–H and O–H groups in total. The minimum Gasteiger partial charge on any atom is -0.382 e. The highest BCUT2D eigenvalue weighted by Crippen LogP contribution is 2.23. The summed E-state index contributed by atoms with van der Waals surface area (Å²) in [5.74, 6) is 0. The minimum atomic E-state index is -2.51. The Balaban J connectivity index is 3.10. The van der Waals surface area contributed by atoms with Gasteiger partial charge in [0.15, 0.2) is 0 Å². The van der Waals surface area contributed by atoms with E-state index in [0.717, 1.165) is 3.57 Å². The van der Waals surface area contributed by atoms with E-state index in [-0.39, 0.29) is 6.54 Å². The fourth-order valence-electron chi connectivity index (χ4n) is 1.68. The molecule has 18 heavy (non-hydrogen) atoms. The van der Waals surface area contributed by atoms with Crippen molar-refractivity contribution in [1.82, 2.24) is 4.90 Å². The van der Waals surface area contributed by atoms with Crippen molar-refractivity contribution in [2.45, 2.75) is 5.60 Å². The smallest absolute Gasteiger partial charge is 0.311 e. The summed E-state index contributed by atoms with van der Waals surface area (Å²) in [5.41, 5.74) is -0.640. The predicted octanol–water partition coefficient (Wildman–Crippen LogP) is 1.10. The molecule has 0 saturated carbocycles. The Labute approximate surface area is 122 Å². The van der Waals surface area contributed by atoms with E-state index in [2.05, 4.69) is 27.0 Å². The second kappa shape index (κ2) is 6.60. The molecule has 1 atom stereocenters. The number of halogens is 1. The molecule has 0 radical (unpaired) electrons. The Kier molecular flexibility index (Phi) is 5.70. The van der Waals surface area contributed by atoms with Gasteiger partial charge in [0, 0.05) is 10.1 Å². The van der Waals surface area contributed by atoms with Gasteiger partial charge in [0.1, 0.15) is 5.60 Å². The van der Waals surface area contributed by atoms with E-state index in [4.69, 9.17) is 0 Å². The second-order valence-electron chi connectivity index (χ2n) is 4.28. The Morgan fingerprint density at radius 1 is 1.33 bits per heavy atom. The van der Waals surface area contributed by atoms with E-state index in [1.54, 1.807) is 17.0 Å². The van der Waals surface area contributed by atoms with E-state index in [0.29, 0.717) is 12.1 Å². The Bertz CT molecular complexity index is 520. The molecule has 0 aromatic heterocycles. The van der Waals surface area contributed by atoms with Crippen LogP contribution in [0.1, 0.15) is 5.56 Å². The van der Waals surface area contributed by atoms with Crippen LogP contribution in [0.2, 0.25) is 0 Å². The first-order valence-corrected chi connectivity index (χ1v) is 7.34. The highest BCUT2D eigenvalue weighted by molar-refractivity contribution is 14.1. The third-order valence-electron chi connectivity index (χ3n) is 2.39. The van der Waals surface area contributed by atoms with Gasteiger partial charge in [-0.1, -0.05) is 12.1 Å². The molecular weight excluding hydrogens is 367 g/mol. The van der Waals surface area contributed by atoms with Crippen LogP contribution in [0.4, 0.5) is 0 Å². The summed E-state index contributed by atoms with van der Waals surface area (Å²) >= 11 is 2.17. The molecule has 0 bridgehead atoms. The summed E-state index contributed by atoms with van der Waals surface area (Å²) < 4.78 is 25.5. The fourth-order valence-corrected chi connectivity index (χ4v) is 2.35. The number of likely N-dealkylation sites (N-methyl/N-ethyl adjacent to an activating group) is 1. The summed E-state index contributed by atoms with van der Waals surface area (Å²) in [4.78, 5) is 1.79. The molecule has 0 aliphatic carbocycles. The van der Waals surface area contributed by atoms with E-state index in [9.17, 15) is 13.5 Å². The summed E-state index contributed by atoms with van der Waals surface area (Å²) in [6.45, 7) is 0.121. The van der Waals surface area contributed by atoms with Crippen molar-refractivity contribution in [2.75, 3.05) is 27.2 Å². The average molecular weight is 382 g/mol. The van der Waals surface area contributed by atoms with Gasteiger partial charge in [-0.15, -0.1) is 0 Å². The first kappa shape index (κ1) is 15.5. The fraction of sp³-hybridized carbons (Fsp3) is 0.455. The molecule has 0 spiro atoms. The van der Waals surface area contributed by atoms with E-state index >= 15 is 0 Å². The maximum absolute atomic E-state index is 10.6. The Morgan fingerprint density at radius 2 is 1.89 bits per heavy atom. The SMILES string of the molecule is CN(C)CC(O)(CN=S(=O)=O)c1ccc(I)cc1. The van der Waals surface area contributed by atoms with Gasteiger partial charge in [0.25, 0.3) is 0 Å². The van der Waals surface area contributed by atoms with Crippen molar-refractivity contribution in [3.8, 4) is 0 Å². The molecule has 1 aromatic carbocycles. The van der Waals surface area contributed by atoms with Gasteiger partial charge >= 0.3 is 10.5 Å². The van der Waals surface area contributed by atoms with Crippen LogP contribution < -0.4 is 0 Å². The number of nitrogens with zero attached hydrogens (tertiary/aromatic N) is 2. The zero-order valence-corrected chi connectivity index (χ0v) is 13.1. The average Bonchev–Trinajstić information content (AvgIpc) is 2.26. The predicted molar refractivity (Wildman–Crippen MR) is 77.8 cm³/mol. The maximum atomic E-state index is 10.6. The molecule has 0 saturated heterocycles. The van der Waals surface area contributed by atoms with Gasteiger partial charge < -0.3 is 10.0 Å². The van der Waals surface area contributed by atoms with Gasteiger partial charge in [-0.25, -0.2) is 0 Å². The van der Waals surface area contributed by atoms with Crippen LogP contribution >= 0.6 is 22.6 Å². The zero-order chi connectivity index (χ0) is 13.8. The molecule has 0 aliphatic heterocycles. The number of aliphatic hydroxyl groups is 1. The van der Waals surface area contributed by atoms with Gasteiger partial charge in [0.2, 0.25) is 0 Å². The van der Waals surface area contributed by atoms with Gasteiger partial charge in [0.05, 0.1) is 6.54 Å². The van der Waals surface area contributed by atoms with Crippen molar-refractivity contribution in [3.63, 3.8) is 0 Å². The third kappa shape index (κ3) is 4.63. The maximum Gasteiger partial charge on any atom is 0.311 e. The zero-order valence-electron chi connectivity index (χ0n) is 10.2. The lowest BCUT2D eigenvalue weighted by molar-refractivity contribution is 0.0209. The van der Waals surface area contributed by atoms with Crippen molar-refractivity contribution in [3.05, 3.63) is 33.4 Å². The van der Waals surface area contributed by atoms with Crippen LogP contribution in [0.3, 0.4) is 0 Å². The molecule has 1 aromatic rings. The van der Waals surface area contributed by atoms with Crippen LogP contribution in [-0.4, -0.2) is 45.6 Å². The molecule has 0 heterocycles. The summed E-state index contributed by atoms with van der Waals surface area (Å²) in [6.07, 6.45) is 0. The van der Waals surface area contributed by atoms with Crippen molar-refractivity contribution in [2.24, 2.45) is 4.36 Å². The molecular formula is C11H15IN2O3S. The first-order valence-electron chi connectivity index (χ1n) is 5.23. The van der Waals surface area contributed by atoms with E-state index in [1.165, 1.54) is 0 Å². The molecule has 7 heteroatoms. The largest absolute Gasteiger partial charge is 0.382 e. The van der Waals surface area contributed by atoms with Gasteiger partial charge in [-0.3, -0.25) is 0 Å². The topological polar surface area (TPSA) is 70.0 Å². The molecule has 1 unspecified atom stereocenters. The van der Waals surface area contributed by atoms with Crippen LogP contribution in [0.25, 0.3) is 0 Å². The van der Waals surface area contributed by atoms with Crippen LogP contribution in [-0.2, 0) is 16.1 Å². The number of benzene rings is 1. The van der Waals surface area contributed by atoms with E-state index in [1.807, 2.05) is 26.2 Å². The summed E-state index contributed by atoms with van der Waals surface area (Å²) in [5, 5.41) is 10.6. The molecule has 5 nitrogen and oxygen atoms in total. The monoisotopic (exact) mass is 382 g/mol. The summed E-state index contributed by atoms with van der Waals surface area (Å²) in [7, 11) is 1.11. The highest BCUT2D eigenvalue weighted by Gasteiger charge is 2.30. The minimum absolute atomic E-state index is 0.179. The third-order valence-corrected chi connectivity index (χ3v) is 3.45. The molecule has 1 rings (SSSR count). The molecule has 0 fully saturated rings. The lowest BCUT2D eigenvalue weighted by atomic mass is 9.93. The number of hydrogen-bond acceptors (Lipinski definition) is 5. The van der Waals surface area contributed by atoms with E-state index < -0.39 is 16.1 Å². The second-order valence-corrected chi connectivity index (χ2v) is 6.22. The quantitative estimate of drug-likeness (QED) is 0.775. The molecule has 0 aliphatic rings. The van der Waals surface area contributed by atoms with Crippen molar-refractivity contribution in [1.29, 1.82) is 0 Å². The van der Waals surface area contributed by atoms with Gasteiger partial charge in [-0.05, 0) is 54.4 Å². The lowest BCUT2D eigenvalue weighted by Crippen LogP contribution is -2.40. The molecule has 100 valence electrons. The Hall–Kier alpha value is -0.510. The van der Waals surface area contributed by atoms with Crippen LogP contribution in [0.5, 0.6) is 0 Å². The Morgan fingerprint density at radius 3 is 2.33 bits per heavy atom.